The van der Waals surface area contributed by atoms with Gasteiger partial charge in [0.15, 0.2) is 0 Å². The molecule has 1 aromatic carbocycles. The Morgan fingerprint density at radius 2 is 2.17 bits per heavy atom. The first-order valence-corrected chi connectivity index (χ1v) is 5.43. The molecule has 1 aromatic heterocycles. The molecule has 1 heterocycles. The summed E-state index contributed by atoms with van der Waals surface area (Å²) in [6.45, 7) is 0. The standard InChI is InChI=1S/C13H13N3O2/c14-9-4-5-10(15-8-9)7-13(18)16-11-2-1-3-12(17)6-11/h1-6,8,17H,7,14H2,(H,16,18). The van der Waals surface area contributed by atoms with Crippen molar-refractivity contribution < 1.29 is 9.90 Å². The van der Waals surface area contributed by atoms with Crippen molar-refractivity contribution in [2.75, 3.05) is 11.1 Å². The number of anilines is 2. The van der Waals surface area contributed by atoms with E-state index >= 15 is 0 Å². The molecule has 0 bridgehead atoms. The number of amides is 1. The number of phenols is 1. The maximum absolute atomic E-state index is 11.7. The van der Waals surface area contributed by atoms with Crippen LogP contribution in [0.5, 0.6) is 5.75 Å². The summed E-state index contributed by atoms with van der Waals surface area (Å²) in [7, 11) is 0. The Hall–Kier alpha value is -2.56. The average molecular weight is 243 g/mol. The van der Waals surface area contributed by atoms with Gasteiger partial charge in [-0.3, -0.25) is 9.78 Å². The van der Waals surface area contributed by atoms with Crippen molar-refractivity contribution >= 4 is 17.3 Å². The Labute approximate surface area is 104 Å². The summed E-state index contributed by atoms with van der Waals surface area (Å²) < 4.78 is 0. The number of hydrogen-bond donors (Lipinski definition) is 3. The fourth-order valence-corrected chi connectivity index (χ4v) is 1.49. The summed E-state index contributed by atoms with van der Waals surface area (Å²) in [5.41, 5.74) is 7.26. The zero-order valence-corrected chi connectivity index (χ0v) is 9.63. The number of rotatable bonds is 3. The summed E-state index contributed by atoms with van der Waals surface area (Å²) in [6, 6.07) is 9.78. The van der Waals surface area contributed by atoms with Crippen LogP contribution in [0, 0.1) is 0 Å². The highest BCUT2D eigenvalue weighted by Crippen LogP contribution is 2.15. The van der Waals surface area contributed by atoms with Gasteiger partial charge >= 0.3 is 0 Å². The summed E-state index contributed by atoms with van der Waals surface area (Å²) >= 11 is 0. The molecular weight excluding hydrogens is 230 g/mol. The van der Waals surface area contributed by atoms with Gasteiger partial charge in [0.25, 0.3) is 0 Å². The first-order valence-electron chi connectivity index (χ1n) is 5.43. The van der Waals surface area contributed by atoms with Gasteiger partial charge in [-0.1, -0.05) is 6.07 Å². The van der Waals surface area contributed by atoms with E-state index in [9.17, 15) is 9.90 Å². The molecule has 18 heavy (non-hydrogen) atoms. The van der Waals surface area contributed by atoms with Crippen LogP contribution in [0.15, 0.2) is 42.6 Å². The number of pyridine rings is 1. The first-order chi connectivity index (χ1) is 8.63. The lowest BCUT2D eigenvalue weighted by atomic mass is 10.2. The Morgan fingerprint density at radius 1 is 1.33 bits per heavy atom. The van der Waals surface area contributed by atoms with Gasteiger partial charge in [-0.15, -0.1) is 0 Å². The Morgan fingerprint density at radius 3 is 2.83 bits per heavy atom. The molecular formula is C13H13N3O2. The van der Waals surface area contributed by atoms with Crippen LogP contribution in [-0.4, -0.2) is 16.0 Å². The van der Waals surface area contributed by atoms with Crippen molar-refractivity contribution in [2.45, 2.75) is 6.42 Å². The van der Waals surface area contributed by atoms with Gasteiger partial charge in [-0.2, -0.15) is 0 Å². The molecule has 4 N–H and O–H groups in total. The minimum Gasteiger partial charge on any atom is -0.508 e. The monoisotopic (exact) mass is 243 g/mol. The third-order valence-corrected chi connectivity index (χ3v) is 2.32. The highest BCUT2D eigenvalue weighted by Gasteiger charge is 2.05. The highest BCUT2D eigenvalue weighted by molar-refractivity contribution is 5.92. The number of carbonyl (C=O) groups excluding carboxylic acids is 1. The average Bonchev–Trinajstić information content (AvgIpc) is 2.32. The van der Waals surface area contributed by atoms with E-state index in [1.807, 2.05) is 0 Å². The van der Waals surface area contributed by atoms with E-state index in [1.54, 1.807) is 24.3 Å². The predicted octanol–water partition coefficient (Wildman–Crippen LogP) is 1.55. The molecule has 0 saturated heterocycles. The molecule has 0 aliphatic heterocycles. The van der Waals surface area contributed by atoms with Gasteiger partial charge in [0.1, 0.15) is 5.75 Å². The summed E-state index contributed by atoms with van der Waals surface area (Å²) in [4.78, 5) is 15.8. The smallest absolute Gasteiger partial charge is 0.230 e. The fraction of sp³-hybridized carbons (Fsp3) is 0.0769. The number of nitrogens with zero attached hydrogens (tertiary/aromatic N) is 1. The van der Waals surface area contributed by atoms with Gasteiger partial charge in [-0.25, -0.2) is 0 Å². The number of nitrogens with two attached hydrogens (primary N) is 1. The molecule has 0 unspecified atom stereocenters. The normalized spacial score (nSPS) is 10.0. The van der Waals surface area contributed by atoms with E-state index < -0.39 is 0 Å². The molecule has 0 fully saturated rings. The lowest BCUT2D eigenvalue weighted by molar-refractivity contribution is -0.115. The van der Waals surface area contributed by atoms with Crippen molar-refractivity contribution in [3.8, 4) is 5.75 Å². The number of nitrogens with one attached hydrogen (secondary N) is 1. The second-order valence-corrected chi connectivity index (χ2v) is 3.86. The zero-order chi connectivity index (χ0) is 13.0. The molecule has 5 heteroatoms. The van der Waals surface area contributed by atoms with Crippen LogP contribution in [0.2, 0.25) is 0 Å². The van der Waals surface area contributed by atoms with Gasteiger partial charge in [0.05, 0.1) is 18.3 Å². The van der Waals surface area contributed by atoms with E-state index in [0.717, 1.165) is 0 Å². The molecule has 0 saturated carbocycles. The third-order valence-electron chi connectivity index (χ3n) is 2.32. The molecule has 1 amide bonds. The van der Waals surface area contributed by atoms with Crippen molar-refractivity contribution in [3.05, 3.63) is 48.3 Å². The minimum absolute atomic E-state index is 0.110. The molecule has 0 spiro atoms. The van der Waals surface area contributed by atoms with E-state index in [0.29, 0.717) is 17.1 Å². The highest BCUT2D eigenvalue weighted by atomic mass is 16.3. The van der Waals surface area contributed by atoms with E-state index in [2.05, 4.69) is 10.3 Å². The summed E-state index contributed by atoms with van der Waals surface area (Å²) in [5.74, 6) is -0.0868. The van der Waals surface area contributed by atoms with Crippen LogP contribution in [0.4, 0.5) is 11.4 Å². The van der Waals surface area contributed by atoms with Gasteiger partial charge < -0.3 is 16.2 Å². The molecule has 5 nitrogen and oxygen atoms in total. The van der Waals surface area contributed by atoms with Crippen molar-refractivity contribution in [3.63, 3.8) is 0 Å². The lowest BCUT2D eigenvalue weighted by Crippen LogP contribution is -2.15. The fourth-order valence-electron chi connectivity index (χ4n) is 1.49. The van der Waals surface area contributed by atoms with Gasteiger partial charge in [0, 0.05) is 17.4 Å². The molecule has 0 aliphatic rings. The molecule has 0 radical (unpaired) electrons. The number of aromatic nitrogens is 1. The third kappa shape index (κ3) is 3.21. The van der Waals surface area contributed by atoms with Gasteiger partial charge in [0.2, 0.25) is 5.91 Å². The molecule has 92 valence electrons. The van der Waals surface area contributed by atoms with Crippen LogP contribution in [-0.2, 0) is 11.2 Å². The van der Waals surface area contributed by atoms with Crippen LogP contribution >= 0.6 is 0 Å². The number of aromatic hydroxyl groups is 1. The Bertz CT molecular complexity index is 552. The van der Waals surface area contributed by atoms with Crippen molar-refractivity contribution in [1.29, 1.82) is 0 Å². The summed E-state index contributed by atoms with van der Waals surface area (Å²) in [5, 5.41) is 11.9. The number of carbonyl (C=O) groups is 1. The SMILES string of the molecule is Nc1ccc(CC(=O)Nc2cccc(O)c2)nc1. The van der Waals surface area contributed by atoms with E-state index in [4.69, 9.17) is 5.73 Å². The van der Waals surface area contributed by atoms with E-state index in [-0.39, 0.29) is 18.1 Å². The largest absolute Gasteiger partial charge is 0.508 e. The summed E-state index contributed by atoms with van der Waals surface area (Å²) in [6.07, 6.45) is 1.67. The quantitative estimate of drug-likeness (QED) is 0.763. The number of hydrogen-bond acceptors (Lipinski definition) is 4. The lowest BCUT2D eigenvalue weighted by Gasteiger charge is -2.05. The van der Waals surface area contributed by atoms with Crippen molar-refractivity contribution in [1.82, 2.24) is 4.98 Å². The van der Waals surface area contributed by atoms with Gasteiger partial charge in [-0.05, 0) is 24.3 Å². The van der Waals surface area contributed by atoms with Crippen LogP contribution in [0.25, 0.3) is 0 Å². The molecule has 2 aromatic rings. The Balaban J connectivity index is 1.98. The number of phenolic OH excluding ortho intramolecular Hbond substituents is 1. The predicted molar refractivity (Wildman–Crippen MR) is 69.1 cm³/mol. The van der Waals surface area contributed by atoms with Crippen LogP contribution in [0.3, 0.4) is 0 Å². The second kappa shape index (κ2) is 5.18. The topological polar surface area (TPSA) is 88.2 Å². The zero-order valence-electron chi connectivity index (χ0n) is 9.63. The van der Waals surface area contributed by atoms with Crippen LogP contribution < -0.4 is 11.1 Å². The minimum atomic E-state index is -0.196. The van der Waals surface area contributed by atoms with E-state index in [1.165, 1.54) is 18.3 Å². The first kappa shape index (κ1) is 11.9. The second-order valence-electron chi connectivity index (χ2n) is 3.86. The Kier molecular flexibility index (Phi) is 3.43. The maximum Gasteiger partial charge on any atom is 0.230 e. The number of nitrogen functional groups attached to an aromatic ring is 1. The molecule has 2 rings (SSSR count). The van der Waals surface area contributed by atoms with Crippen molar-refractivity contribution in [2.24, 2.45) is 0 Å². The molecule has 0 aliphatic carbocycles. The van der Waals surface area contributed by atoms with Crippen LogP contribution in [0.1, 0.15) is 5.69 Å². The maximum atomic E-state index is 11.7. The molecule has 0 atom stereocenters. The number of benzene rings is 1.